The second-order valence-electron chi connectivity index (χ2n) is 6.90. The molecular formula is C22H19BrN2O5S. The van der Waals surface area contributed by atoms with E-state index in [1.54, 1.807) is 48.5 Å². The number of Topliss-reactive ketones (excluding diaryl/α,β-unsaturated/α-hetero) is 1. The van der Waals surface area contributed by atoms with Crippen LogP contribution in [-0.4, -0.2) is 24.0 Å². The average molecular weight is 503 g/mol. The summed E-state index contributed by atoms with van der Waals surface area (Å²) in [6.45, 7) is 1.84. The SMILES string of the molecule is Cc1ccc(S(=O)(=O)N[C@H](c2cccc([N+](=O)[O-])c2)[C@@H](Br)C(=O)c2ccccc2)cc1. The number of carbonyl (C=O) groups excluding carboxylic acids is 1. The van der Waals surface area contributed by atoms with Crippen molar-refractivity contribution in [1.29, 1.82) is 0 Å². The van der Waals surface area contributed by atoms with E-state index in [0.717, 1.165) is 5.56 Å². The minimum Gasteiger partial charge on any atom is -0.293 e. The number of aryl methyl sites for hydroxylation is 1. The molecule has 0 aromatic heterocycles. The zero-order chi connectivity index (χ0) is 22.6. The lowest BCUT2D eigenvalue weighted by Crippen LogP contribution is -2.37. The Labute approximate surface area is 188 Å². The number of hydrogen-bond acceptors (Lipinski definition) is 5. The Hall–Kier alpha value is -2.88. The summed E-state index contributed by atoms with van der Waals surface area (Å²) in [5.41, 5.74) is 1.36. The van der Waals surface area contributed by atoms with Gasteiger partial charge in [-0.2, -0.15) is 0 Å². The molecule has 0 fully saturated rings. The number of sulfonamides is 1. The summed E-state index contributed by atoms with van der Waals surface area (Å²) in [7, 11) is -4.02. The standard InChI is InChI=1S/C22H19BrN2O5S/c1-15-10-12-19(13-11-15)31(29,30)24-21(17-8-5-9-18(14-17)25(27)28)20(23)22(26)16-6-3-2-4-7-16/h2-14,20-21,24H,1H3/t20-,21-/m1/s1. The van der Waals surface area contributed by atoms with E-state index < -0.39 is 25.8 Å². The molecule has 0 aliphatic heterocycles. The van der Waals surface area contributed by atoms with Crippen LogP contribution in [-0.2, 0) is 10.0 Å². The summed E-state index contributed by atoms with van der Waals surface area (Å²) in [4.78, 5) is 22.7. The maximum atomic E-state index is 13.0. The van der Waals surface area contributed by atoms with Gasteiger partial charge in [-0.05, 0) is 24.6 Å². The van der Waals surface area contributed by atoms with Crippen LogP contribution in [0.15, 0.2) is 83.8 Å². The lowest BCUT2D eigenvalue weighted by molar-refractivity contribution is -0.384. The van der Waals surface area contributed by atoms with Crippen molar-refractivity contribution < 1.29 is 18.1 Å². The van der Waals surface area contributed by atoms with Gasteiger partial charge in [-0.3, -0.25) is 14.9 Å². The molecule has 2 atom stereocenters. The number of nitro groups is 1. The Morgan fingerprint density at radius 3 is 2.26 bits per heavy atom. The van der Waals surface area contributed by atoms with Crippen molar-refractivity contribution >= 4 is 37.4 Å². The molecule has 3 aromatic carbocycles. The van der Waals surface area contributed by atoms with Crippen molar-refractivity contribution in [3.63, 3.8) is 0 Å². The summed E-state index contributed by atoms with van der Waals surface area (Å²) in [6, 6.07) is 19.1. The van der Waals surface area contributed by atoms with E-state index >= 15 is 0 Å². The van der Waals surface area contributed by atoms with E-state index in [1.165, 1.54) is 30.3 Å². The number of non-ortho nitro benzene ring substituents is 1. The highest BCUT2D eigenvalue weighted by molar-refractivity contribution is 9.10. The first-order valence-corrected chi connectivity index (χ1v) is 11.7. The van der Waals surface area contributed by atoms with Gasteiger partial charge in [0.25, 0.3) is 5.69 Å². The van der Waals surface area contributed by atoms with Gasteiger partial charge in [0.2, 0.25) is 10.0 Å². The molecule has 3 aromatic rings. The van der Waals surface area contributed by atoms with Gasteiger partial charge < -0.3 is 0 Å². The smallest absolute Gasteiger partial charge is 0.269 e. The zero-order valence-corrected chi connectivity index (χ0v) is 18.8. The zero-order valence-electron chi connectivity index (χ0n) is 16.4. The first-order chi connectivity index (χ1) is 14.7. The highest BCUT2D eigenvalue weighted by Crippen LogP contribution is 2.30. The van der Waals surface area contributed by atoms with Crippen LogP contribution in [0.4, 0.5) is 5.69 Å². The molecule has 31 heavy (non-hydrogen) atoms. The van der Waals surface area contributed by atoms with Crippen LogP contribution in [0.2, 0.25) is 0 Å². The maximum absolute atomic E-state index is 13.0. The Morgan fingerprint density at radius 2 is 1.65 bits per heavy atom. The third-order valence-electron chi connectivity index (χ3n) is 4.65. The van der Waals surface area contributed by atoms with Gasteiger partial charge in [0.15, 0.2) is 5.78 Å². The normalized spacial score (nSPS) is 13.4. The third kappa shape index (κ3) is 5.43. The minimum atomic E-state index is -4.02. The summed E-state index contributed by atoms with van der Waals surface area (Å²) in [5.74, 6) is -0.358. The predicted octanol–water partition coefficient (Wildman–Crippen LogP) is 4.57. The second kappa shape index (κ2) is 9.51. The Morgan fingerprint density at radius 1 is 1.00 bits per heavy atom. The Balaban J connectivity index is 2.03. The molecule has 9 heteroatoms. The first kappa shape index (κ1) is 22.8. The minimum absolute atomic E-state index is 0.0281. The molecule has 0 aliphatic rings. The number of benzene rings is 3. The van der Waals surface area contributed by atoms with Crippen LogP contribution >= 0.6 is 15.9 Å². The van der Waals surface area contributed by atoms with Crippen LogP contribution in [0.25, 0.3) is 0 Å². The maximum Gasteiger partial charge on any atom is 0.269 e. The first-order valence-electron chi connectivity index (χ1n) is 9.26. The van der Waals surface area contributed by atoms with E-state index in [2.05, 4.69) is 20.7 Å². The van der Waals surface area contributed by atoms with Crippen LogP contribution in [0.5, 0.6) is 0 Å². The highest BCUT2D eigenvalue weighted by atomic mass is 79.9. The van der Waals surface area contributed by atoms with Crippen LogP contribution in [0, 0.1) is 17.0 Å². The number of nitrogens with zero attached hydrogens (tertiary/aromatic N) is 1. The van der Waals surface area contributed by atoms with E-state index in [9.17, 15) is 23.3 Å². The molecule has 0 aliphatic carbocycles. The van der Waals surface area contributed by atoms with Gasteiger partial charge in [0.05, 0.1) is 20.7 Å². The molecule has 0 spiro atoms. The predicted molar refractivity (Wildman–Crippen MR) is 121 cm³/mol. The average Bonchev–Trinajstić information content (AvgIpc) is 2.77. The van der Waals surface area contributed by atoms with E-state index in [4.69, 9.17) is 0 Å². The van der Waals surface area contributed by atoms with Gasteiger partial charge in [-0.25, -0.2) is 13.1 Å². The van der Waals surface area contributed by atoms with Crippen molar-refractivity contribution in [2.24, 2.45) is 0 Å². The summed E-state index contributed by atoms with van der Waals surface area (Å²) in [6.07, 6.45) is 0. The molecule has 0 saturated carbocycles. The van der Waals surface area contributed by atoms with Gasteiger partial charge in [-0.1, -0.05) is 76.1 Å². The van der Waals surface area contributed by atoms with Crippen molar-refractivity contribution in [2.45, 2.75) is 22.7 Å². The molecule has 0 amide bonds. The Bertz CT molecular complexity index is 1200. The van der Waals surface area contributed by atoms with Gasteiger partial charge in [-0.15, -0.1) is 0 Å². The number of nitrogens with one attached hydrogen (secondary N) is 1. The summed E-state index contributed by atoms with van der Waals surface area (Å²) in [5, 5.41) is 11.2. The lowest BCUT2D eigenvalue weighted by Gasteiger charge is -2.23. The summed E-state index contributed by atoms with van der Waals surface area (Å²) < 4.78 is 28.6. The quantitative estimate of drug-likeness (QED) is 0.210. The topological polar surface area (TPSA) is 106 Å². The van der Waals surface area contributed by atoms with Gasteiger partial charge >= 0.3 is 0 Å². The number of rotatable bonds is 8. The molecular weight excluding hydrogens is 484 g/mol. The van der Waals surface area contributed by atoms with Gasteiger partial charge in [0.1, 0.15) is 0 Å². The van der Waals surface area contributed by atoms with Crippen molar-refractivity contribution in [1.82, 2.24) is 4.72 Å². The van der Waals surface area contributed by atoms with Crippen LogP contribution < -0.4 is 4.72 Å². The van der Waals surface area contributed by atoms with E-state index in [-0.39, 0.29) is 21.9 Å². The van der Waals surface area contributed by atoms with Crippen molar-refractivity contribution in [2.75, 3.05) is 0 Å². The van der Waals surface area contributed by atoms with Crippen LogP contribution in [0.1, 0.15) is 27.5 Å². The number of halogens is 1. The fraction of sp³-hybridized carbons (Fsp3) is 0.136. The molecule has 0 saturated heterocycles. The number of hydrogen-bond donors (Lipinski definition) is 1. The molecule has 0 unspecified atom stereocenters. The lowest BCUT2D eigenvalue weighted by atomic mass is 9.98. The third-order valence-corrected chi connectivity index (χ3v) is 7.06. The molecule has 0 bridgehead atoms. The summed E-state index contributed by atoms with van der Waals surface area (Å²) >= 11 is 3.34. The Kier molecular flexibility index (Phi) is 6.99. The van der Waals surface area contributed by atoms with Crippen LogP contribution in [0.3, 0.4) is 0 Å². The monoisotopic (exact) mass is 502 g/mol. The molecule has 0 radical (unpaired) electrons. The van der Waals surface area contributed by atoms with Crippen molar-refractivity contribution in [3.05, 3.63) is 106 Å². The number of carbonyl (C=O) groups is 1. The number of alkyl halides is 1. The number of nitro benzene ring substituents is 1. The largest absolute Gasteiger partial charge is 0.293 e. The molecule has 3 rings (SSSR count). The van der Waals surface area contributed by atoms with Gasteiger partial charge in [0, 0.05) is 17.7 Å². The van der Waals surface area contributed by atoms with E-state index in [1.807, 2.05) is 6.92 Å². The van der Waals surface area contributed by atoms with Crippen molar-refractivity contribution in [3.8, 4) is 0 Å². The fourth-order valence-electron chi connectivity index (χ4n) is 2.99. The fourth-order valence-corrected chi connectivity index (χ4v) is 5.11. The number of ketones is 1. The van der Waals surface area contributed by atoms with E-state index in [0.29, 0.717) is 5.56 Å². The highest BCUT2D eigenvalue weighted by Gasteiger charge is 2.33. The molecule has 160 valence electrons. The second-order valence-corrected chi connectivity index (χ2v) is 9.60. The molecule has 1 N–H and O–H groups in total. The molecule has 0 heterocycles. The molecule has 7 nitrogen and oxygen atoms in total.